The normalized spacial score (nSPS) is 17.1. The summed E-state index contributed by atoms with van der Waals surface area (Å²) in [7, 11) is -1.15. The van der Waals surface area contributed by atoms with Crippen molar-refractivity contribution in [2.75, 3.05) is 44.2 Å². The van der Waals surface area contributed by atoms with Crippen LogP contribution in [0.25, 0.3) is 16.6 Å². The zero-order valence-corrected chi connectivity index (χ0v) is 31.2. The molecule has 1 saturated heterocycles. The molecule has 49 heavy (non-hydrogen) atoms. The van der Waals surface area contributed by atoms with E-state index < -0.39 is 14.0 Å². The van der Waals surface area contributed by atoms with Gasteiger partial charge in [0.05, 0.1) is 6.20 Å². The number of aromatic nitrogens is 2. The molecular formula is C39H49ClN4O4Si. The van der Waals surface area contributed by atoms with Gasteiger partial charge in [-0.25, -0.2) is 9.78 Å². The summed E-state index contributed by atoms with van der Waals surface area (Å²) in [5.41, 5.74) is 6.45. The highest BCUT2D eigenvalue weighted by Crippen LogP contribution is 2.43. The lowest BCUT2D eigenvalue weighted by molar-refractivity contribution is 0.0694. The van der Waals surface area contributed by atoms with E-state index in [2.05, 4.69) is 60.4 Å². The summed E-state index contributed by atoms with van der Waals surface area (Å²) in [4.78, 5) is 21.7. The number of rotatable bonds is 12. The van der Waals surface area contributed by atoms with E-state index in [-0.39, 0.29) is 11.0 Å². The van der Waals surface area contributed by atoms with E-state index in [1.165, 1.54) is 23.1 Å². The second-order valence-corrected chi connectivity index (χ2v) is 21.6. The SMILES string of the molecule is CC1(C)CCC(CN2CCN(c3ccc(C(=O)O)c(Oc4cnc5c(ccn5COCC[Si](C)(C)C)c4)c3)CC2)=C(c2ccc(Cl)cc2)C1. The number of ether oxygens (including phenoxy) is 2. The van der Waals surface area contributed by atoms with Gasteiger partial charge in [-0.05, 0) is 78.3 Å². The van der Waals surface area contributed by atoms with Gasteiger partial charge in [0.25, 0.3) is 0 Å². The number of hydrogen-bond acceptors (Lipinski definition) is 6. The maximum absolute atomic E-state index is 12.2. The van der Waals surface area contributed by atoms with E-state index in [0.29, 0.717) is 18.2 Å². The fourth-order valence-electron chi connectivity index (χ4n) is 6.75. The molecule has 3 heterocycles. The first-order valence-corrected chi connectivity index (χ1v) is 21.4. The molecular weight excluding hydrogens is 652 g/mol. The molecule has 1 fully saturated rings. The number of carboxylic acid groups (broad SMARTS) is 1. The lowest BCUT2D eigenvalue weighted by Crippen LogP contribution is -2.47. The van der Waals surface area contributed by atoms with Crippen LogP contribution in [0.4, 0.5) is 5.69 Å². The Morgan fingerprint density at radius 1 is 1.02 bits per heavy atom. The molecule has 4 aromatic rings. The predicted molar refractivity (Wildman–Crippen MR) is 202 cm³/mol. The summed E-state index contributed by atoms with van der Waals surface area (Å²) in [5.74, 6) is -0.220. The second-order valence-electron chi connectivity index (χ2n) is 15.5. The monoisotopic (exact) mass is 700 g/mol. The molecule has 0 atom stereocenters. The number of halogens is 1. The third-order valence-corrected chi connectivity index (χ3v) is 11.7. The van der Waals surface area contributed by atoms with Crippen molar-refractivity contribution < 1.29 is 19.4 Å². The van der Waals surface area contributed by atoms with Crippen LogP contribution in [0.5, 0.6) is 11.5 Å². The van der Waals surface area contributed by atoms with Crippen LogP contribution in [0.15, 0.2) is 72.6 Å². The number of nitrogens with zero attached hydrogens (tertiary/aromatic N) is 4. The largest absolute Gasteiger partial charge is 0.478 e. The molecule has 260 valence electrons. The summed E-state index contributed by atoms with van der Waals surface area (Å²) in [5, 5.41) is 11.6. The van der Waals surface area contributed by atoms with Gasteiger partial charge < -0.3 is 24.0 Å². The Labute approximate surface area is 296 Å². The number of piperazine rings is 1. The van der Waals surface area contributed by atoms with Crippen LogP contribution >= 0.6 is 11.6 Å². The third-order valence-electron chi connectivity index (χ3n) is 9.76. The van der Waals surface area contributed by atoms with E-state index >= 15 is 0 Å². The number of fused-ring (bicyclic) bond motifs is 1. The van der Waals surface area contributed by atoms with Crippen molar-refractivity contribution in [2.45, 2.75) is 65.5 Å². The number of allylic oxidation sites excluding steroid dienone is 1. The summed E-state index contributed by atoms with van der Waals surface area (Å²) >= 11 is 6.21. The van der Waals surface area contributed by atoms with Crippen molar-refractivity contribution in [1.82, 2.24) is 14.5 Å². The van der Waals surface area contributed by atoms with E-state index in [4.69, 9.17) is 21.1 Å². The first-order chi connectivity index (χ1) is 23.3. The minimum atomic E-state index is -1.15. The summed E-state index contributed by atoms with van der Waals surface area (Å²) in [6, 6.07) is 18.7. The van der Waals surface area contributed by atoms with Crippen molar-refractivity contribution in [3.63, 3.8) is 0 Å². The minimum Gasteiger partial charge on any atom is -0.478 e. The van der Waals surface area contributed by atoms with Crippen molar-refractivity contribution in [3.05, 3.63) is 88.7 Å². The molecule has 8 nitrogen and oxygen atoms in total. The third kappa shape index (κ3) is 8.94. The molecule has 1 N–H and O–H groups in total. The van der Waals surface area contributed by atoms with Gasteiger partial charge in [-0.3, -0.25) is 4.90 Å². The van der Waals surface area contributed by atoms with Gasteiger partial charge in [-0.15, -0.1) is 0 Å². The molecule has 0 saturated carbocycles. The number of carbonyl (C=O) groups is 1. The van der Waals surface area contributed by atoms with Crippen molar-refractivity contribution in [3.8, 4) is 11.5 Å². The van der Waals surface area contributed by atoms with Gasteiger partial charge in [-0.1, -0.05) is 62.8 Å². The van der Waals surface area contributed by atoms with Crippen LogP contribution < -0.4 is 9.64 Å². The van der Waals surface area contributed by atoms with E-state index in [0.717, 1.165) is 80.0 Å². The maximum Gasteiger partial charge on any atom is 0.339 e. The van der Waals surface area contributed by atoms with Gasteiger partial charge in [-0.2, -0.15) is 0 Å². The van der Waals surface area contributed by atoms with E-state index in [9.17, 15) is 9.90 Å². The molecule has 0 bridgehead atoms. The smallest absolute Gasteiger partial charge is 0.339 e. The Kier molecular flexibility index (Phi) is 10.6. The van der Waals surface area contributed by atoms with Crippen molar-refractivity contribution in [1.29, 1.82) is 0 Å². The molecule has 2 aliphatic rings. The lowest BCUT2D eigenvalue weighted by atomic mass is 9.72. The number of hydrogen-bond donors (Lipinski definition) is 1. The Bertz CT molecular complexity index is 1820. The number of carboxylic acids is 1. The number of anilines is 1. The second kappa shape index (κ2) is 14.7. The fourth-order valence-corrected chi connectivity index (χ4v) is 7.64. The zero-order chi connectivity index (χ0) is 34.8. The molecule has 10 heteroatoms. The van der Waals surface area contributed by atoms with E-state index in [1.807, 2.05) is 47.2 Å². The molecule has 6 rings (SSSR count). The van der Waals surface area contributed by atoms with E-state index in [1.54, 1.807) is 12.3 Å². The minimum absolute atomic E-state index is 0.123. The Hall–Kier alpha value is -3.63. The molecule has 1 aliphatic carbocycles. The van der Waals surface area contributed by atoms with Crippen molar-refractivity contribution >= 4 is 47.9 Å². The molecule has 2 aromatic heterocycles. The van der Waals surface area contributed by atoms with Gasteiger partial charge in [0.2, 0.25) is 0 Å². The molecule has 0 radical (unpaired) electrons. The summed E-state index contributed by atoms with van der Waals surface area (Å²) in [6.07, 6.45) is 6.99. The highest BCUT2D eigenvalue weighted by atomic mass is 35.5. The predicted octanol–water partition coefficient (Wildman–Crippen LogP) is 9.28. The number of aromatic carboxylic acids is 1. The quantitative estimate of drug-likeness (QED) is 0.117. The van der Waals surface area contributed by atoms with Gasteiger partial charge in [0.15, 0.2) is 0 Å². The molecule has 0 spiro atoms. The van der Waals surface area contributed by atoms with Crippen LogP contribution in [-0.4, -0.2) is 72.9 Å². The zero-order valence-electron chi connectivity index (χ0n) is 29.5. The summed E-state index contributed by atoms with van der Waals surface area (Å²) < 4.78 is 14.1. The average molecular weight is 701 g/mol. The topological polar surface area (TPSA) is 80.1 Å². The Balaban J connectivity index is 1.12. The van der Waals surface area contributed by atoms with Gasteiger partial charge >= 0.3 is 5.97 Å². The molecule has 1 aliphatic heterocycles. The highest BCUT2D eigenvalue weighted by molar-refractivity contribution is 6.76. The lowest BCUT2D eigenvalue weighted by Gasteiger charge is -2.39. The first kappa shape index (κ1) is 35.2. The summed E-state index contributed by atoms with van der Waals surface area (Å²) in [6.45, 7) is 17.5. The standard InChI is InChI=1S/C39H49ClN4O4Si/c1-39(2)14-12-30(35(24-39)28-6-8-31(40)9-7-28)26-42-16-18-43(19-17-42)32-10-11-34(38(45)46)36(23-32)48-33-22-29-13-15-44(37(29)41-25-33)27-47-20-21-49(3,4)5/h6-11,13,15,22-23,25H,12,14,16-21,24,26-27H2,1-5H3,(H,45,46). The average Bonchev–Trinajstić information content (AvgIpc) is 3.46. The molecule has 2 aromatic carbocycles. The fraction of sp³-hybridized carbons (Fsp3) is 0.436. The Morgan fingerprint density at radius 3 is 2.49 bits per heavy atom. The van der Waals surface area contributed by atoms with Crippen LogP contribution in [0.1, 0.15) is 49.0 Å². The molecule has 0 amide bonds. The molecule has 0 unspecified atom stereocenters. The first-order valence-electron chi connectivity index (χ1n) is 17.4. The van der Waals surface area contributed by atoms with Crippen molar-refractivity contribution in [2.24, 2.45) is 5.41 Å². The Morgan fingerprint density at radius 2 is 1.78 bits per heavy atom. The van der Waals surface area contributed by atoms with Crippen LogP contribution in [0.2, 0.25) is 30.7 Å². The van der Waals surface area contributed by atoms with Gasteiger partial charge in [0.1, 0.15) is 29.4 Å². The van der Waals surface area contributed by atoms with Crippen LogP contribution in [0.3, 0.4) is 0 Å². The van der Waals surface area contributed by atoms with Gasteiger partial charge in [0, 0.05) is 75.8 Å². The van der Waals surface area contributed by atoms with Crippen LogP contribution in [-0.2, 0) is 11.5 Å². The maximum atomic E-state index is 12.2. The number of benzene rings is 2. The highest BCUT2D eigenvalue weighted by Gasteiger charge is 2.29. The number of pyridine rings is 1. The van der Waals surface area contributed by atoms with Crippen LogP contribution in [0, 0.1) is 5.41 Å².